The molecule has 1 aromatic carbocycles. The minimum Gasteiger partial charge on any atom is -0.377 e. The monoisotopic (exact) mass is 208 g/mol. The summed E-state index contributed by atoms with van der Waals surface area (Å²) in [5, 5.41) is 0. The first-order valence-electron chi connectivity index (χ1n) is 4.59. The minimum absolute atomic E-state index is 0.714. The SMILES string of the molecule is OSc1ccc(C2=CCOCC2)cc1. The van der Waals surface area contributed by atoms with Gasteiger partial charge in [0.2, 0.25) is 0 Å². The van der Waals surface area contributed by atoms with Gasteiger partial charge in [-0.25, -0.2) is 0 Å². The molecule has 0 amide bonds. The van der Waals surface area contributed by atoms with Gasteiger partial charge in [-0.15, -0.1) is 0 Å². The first-order chi connectivity index (χ1) is 6.90. The van der Waals surface area contributed by atoms with Crippen LogP contribution in [0.5, 0.6) is 0 Å². The van der Waals surface area contributed by atoms with Gasteiger partial charge >= 0.3 is 0 Å². The Kier molecular flexibility index (Phi) is 3.24. The fourth-order valence-corrected chi connectivity index (χ4v) is 1.78. The van der Waals surface area contributed by atoms with Crippen molar-refractivity contribution < 1.29 is 9.29 Å². The van der Waals surface area contributed by atoms with Crippen molar-refractivity contribution in [1.82, 2.24) is 0 Å². The van der Waals surface area contributed by atoms with Crippen molar-refractivity contribution in [1.29, 1.82) is 0 Å². The summed E-state index contributed by atoms with van der Waals surface area (Å²) in [5.74, 6) is 0. The van der Waals surface area contributed by atoms with Crippen LogP contribution in [0.25, 0.3) is 5.57 Å². The highest BCUT2D eigenvalue weighted by Crippen LogP contribution is 2.23. The van der Waals surface area contributed by atoms with Crippen molar-refractivity contribution in [2.24, 2.45) is 0 Å². The second-order valence-electron chi connectivity index (χ2n) is 3.17. The van der Waals surface area contributed by atoms with Gasteiger partial charge in [-0.05, 0) is 29.7 Å². The molecule has 1 aliphatic rings. The van der Waals surface area contributed by atoms with E-state index in [0.29, 0.717) is 6.61 Å². The molecule has 1 N–H and O–H groups in total. The lowest BCUT2D eigenvalue weighted by atomic mass is 10.0. The Hall–Kier alpha value is -0.770. The Morgan fingerprint density at radius 1 is 1.21 bits per heavy atom. The summed E-state index contributed by atoms with van der Waals surface area (Å²) in [4.78, 5) is 0.876. The second kappa shape index (κ2) is 4.64. The first kappa shape index (κ1) is 9.77. The maximum absolute atomic E-state index is 8.82. The lowest BCUT2D eigenvalue weighted by Crippen LogP contribution is -2.03. The standard InChI is InChI=1S/C11H12O2S/c12-14-11-3-1-9(2-4-11)10-5-7-13-8-6-10/h1-5,12H,6-8H2. The molecule has 3 heteroatoms. The molecule has 0 unspecified atom stereocenters. The second-order valence-corrected chi connectivity index (χ2v) is 3.82. The topological polar surface area (TPSA) is 29.5 Å². The van der Waals surface area contributed by atoms with Gasteiger partial charge in [0.15, 0.2) is 0 Å². The molecule has 0 atom stereocenters. The van der Waals surface area contributed by atoms with Gasteiger partial charge in [0.05, 0.1) is 13.2 Å². The highest BCUT2D eigenvalue weighted by Gasteiger charge is 2.05. The van der Waals surface area contributed by atoms with Crippen molar-refractivity contribution in [3.05, 3.63) is 35.9 Å². The van der Waals surface area contributed by atoms with Crippen LogP contribution in [0.1, 0.15) is 12.0 Å². The van der Waals surface area contributed by atoms with E-state index in [1.165, 1.54) is 11.1 Å². The predicted molar refractivity (Wildman–Crippen MR) is 58.3 cm³/mol. The molecule has 14 heavy (non-hydrogen) atoms. The van der Waals surface area contributed by atoms with Gasteiger partial charge in [-0.2, -0.15) is 0 Å². The van der Waals surface area contributed by atoms with Crippen LogP contribution in [-0.2, 0) is 4.74 Å². The summed E-state index contributed by atoms with van der Waals surface area (Å²) < 4.78 is 14.1. The third kappa shape index (κ3) is 2.18. The molecule has 2 rings (SSSR count). The van der Waals surface area contributed by atoms with E-state index >= 15 is 0 Å². The van der Waals surface area contributed by atoms with E-state index in [-0.39, 0.29) is 0 Å². The maximum atomic E-state index is 8.82. The zero-order chi connectivity index (χ0) is 9.80. The lowest BCUT2D eigenvalue weighted by Gasteiger charge is -2.13. The van der Waals surface area contributed by atoms with Crippen LogP contribution in [0.2, 0.25) is 0 Å². The van der Waals surface area contributed by atoms with Crippen molar-refractivity contribution in [2.45, 2.75) is 11.3 Å². The average Bonchev–Trinajstić information content (AvgIpc) is 2.30. The smallest absolute Gasteiger partial charge is 0.0653 e. The summed E-state index contributed by atoms with van der Waals surface area (Å²) in [6.07, 6.45) is 3.09. The van der Waals surface area contributed by atoms with Crippen molar-refractivity contribution in [3.63, 3.8) is 0 Å². The quantitative estimate of drug-likeness (QED) is 0.757. The van der Waals surface area contributed by atoms with Gasteiger partial charge < -0.3 is 9.29 Å². The molecule has 1 aliphatic heterocycles. The molecule has 0 aromatic heterocycles. The van der Waals surface area contributed by atoms with Crippen LogP contribution in [0.4, 0.5) is 0 Å². The largest absolute Gasteiger partial charge is 0.377 e. The molecular formula is C11H12O2S. The molecule has 0 bridgehead atoms. The highest BCUT2D eigenvalue weighted by molar-refractivity contribution is 7.93. The Labute approximate surface area is 87.8 Å². The highest BCUT2D eigenvalue weighted by atomic mass is 32.2. The third-order valence-corrected chi connectivity index (χ3v) is 2.78. The molecule has 0 aliphatic carbocycles. The summed E-state index contributed by atoms with van der Waals surface area (Å²) in [5.41, 5.74) is 2.57. The average molecular weight is 208 g/mol. The summed E-state index contributed by atoms with van der Waals surface area (Å²) in [7, 11) is 0. The Morgan fingerprint density at radius 3 is 2.57 bits per heavy atom. The van der Waals surface area contributed by atoms with Crippen molar-refractivity contribution in [2.75, 3.05) is 13.2 Å². The van der Waals surface area contributed by atoms with Gasteiger partial charge in [0, 0.05) is 16.9 Å². The number of hydrogen-bond donors (Lipinski definition) is 1. The number of ether oxygens (including phenoxy) is 1. The summed E-state index contributed by atoms with van der Waals surface area (Å²) >= 11 is 0.780. The Balaban J connectivity index is 2.19. The lowest BCUT2D eigenvalue weighted by molar-refractivity contribution is 0.161. The van der Waals surface area contributed by atoms with Crippen molar-refractivity contribution >= 4 is 17.6 Å². The van der Waals surface area contributed by atoms with Gasteiger partial charge in [-0.3, -0.25) is 0 Å². The zero-order valence-electron chi connectivity index (χ0n) is 7.77. The van der Waals surface area contributed by atoms with E-state index in [1.807, 2.05) is 24.3 Å². The summed E-state index contributed by atoms with van der Waals surface area (Å²) in [6.45, 7) is 1.52. The van der Waals surface area contributed by atoms with E-state index in [2.05, 4.69) is 6.08 Å². The van der Waals surface area contributed by atoms with Crippen LogP contribution in [0.3, 0.4) is 0 Å². The number of hydrogen-bond acceptors (Lipinski definition) is 3. The third-order valence-electron chi connectivity index (χ3n) is 2.29. The van der Waals surface area contributed by atoms with Crippen LogP contribution in [0.15, 0.2) is 35.2 Å². The first-order valence-corrected chi connectivity index (χ1v) is 5.36. The summed E-state index contributed by atoms with van der Waals surface area (Å²) in [6, 6.07) is 7.93. The van der Waals surface area contributed by atoms with E-state index in [9.17, 15) is 0 Å². The van der Waals surface area contributed by atoms with Gasteiger partial charge in [0.25, 0.3) is 0 Å². The normalized spacial score (nSPS) is 16.5. The zero-order valence-corrected chi connectivity index (χ0v) is 8.59. The molecular weight excluding hydrogens is 196 g/mol. The minimum atomic E-state index is 0.714. The van der Waals surface area contributed by atoms with Crippen molar-refractivity contribution in [3.8, 4) is 0 Å². The molecule has 0 spiro atoms. The molecule has 1 aromatic rings. The van der Waals surface area contributed by atoms with E-state index < -0.39 is 0 Å². The van der Waals surface area contributed by atoms with Gasteiger partial charge in [-0.1, -0.05) is 18.2 Å². The molecule has 1 heterocycles. The fraction of sp³-hybridized carbons (Fsp3) is 0.273. The molecule has 0 radical (unpaired) electrons. The fourth-order valence-electron chi connectivity index (χ4n) is 1.52. The van der Waals surface area contributed by atoms with E-state index in [1.54, 1.807) is 0 Å². The van der Waals surface area contributed by atoms with Crippen LogP contribution >= 0.6 is 12.0 Å². The van der Waals surface area contributed by atoms with Crippen LogP contribution < -0.4 is 0 Å². The Morgan fingerprint density at radius 2 is 2.00 bits per heavy atom. The maximum Gasteiger partial charge on any atom is 0.0653 e. The number of rotatable bonds is 2. The van der Waals surface area contributed by atoms with Gasteiger partial charge in [0.1, 0.15) is 0 Å². The number of benzene rings is 1. The molecule has 0 saturated carbocycles. The Bertz CT molecular complexity index is 330. The van der Waals surface area contributed by atoms with E-state index in [0.717, 1.165) is 30.0 Å². The predicted octanol–water partition coefficient (Wildman–Crippen LogP) is 3.06. The van der Waals surface area contributed by atoms with Crippen LogP contribution in [0, 0.1) is 0 Å². The molecule has 74 valence electrons. The molecule has 0 fully saturated rings. The van der Waals surface area contributed by atoms with E-state index in [4.69, 9.17) is 9.29 Å². The molecule has 0 saturated heterocycles. The molecule has 2 nitrogen and oxygen atoms in total. The van der Waals surface area contributed by atoms with Crippen LogP contribution in [-0.4, -0.2) is 17.8 Å².